The molecular formula is C20H20ClF3O3S. The summed E-state index contributed by atoms with van der Waals surface area (Å²) in [5.41, 5.74) is 2.61. The molecule has 0 spiro atoms. The van der Waals surface area contributed by atoms with Crippen LogP contribution < -0.4 is 0 Å². The molecule has 152 valence electrons. The molecule has 2 rings (SSSR count). The third-order valence-electron chi connectivity index (χ3n) is 4.02. The Hall–Kier alpha value is -1.86. The summed E-state index contributed by atoms with van der Waals surface area (Å²) in [7, 11) is -4.29. The molecule has 3 nitrogen and oxygen atoms in total. The second-order valence-electron chi connectivity index (χ2n) is 7.05. The number of benzene rings is 2. The van der Waals surface area contributed by atoms with Crippen LogP contribution in [0.25, 0.3) is 11.1 Å². The number of carbonyl (C=O) groups is 1. The quantitative estimate of drug-likeness (QED) is 0.600. The lowest BCUT2D eigenvalue weighted by Crippen LogP contribution is -2.30. The number of alkyl halides is 3. The summed E-state index contributed by atoms with van der Waals surface area (Å²) >= 11 is 5.91. The summed E-state index contributed by atoms with van der Waals surface area (Å²) in [6.07, 6.45) is -4.41. The summed E-state index contributed by atoms with van der Waals surface area (Å²) < 4.78 is 61.8. The van der Waals surface area contributed by atoms with Crippen LogP contribution in [0.2, 0.25) is 5.02 Å². The van der Waals surface area contributed by atoms with Gasteiger partial charge in [-0.3, -0.25) is 4.79 Å². The summed E-state index contributed by atoms with van der Waals surface area (Å²) in [4.78, 5) is 11.1. The Morgan fingerprint density at radius 2 is 1.68 bits per heavy atom. The summed E-state index contributed by atoms with van der Waals surface area (Å²) in [6, 6.07) is 11.9. The lowest BCUT2D eigenvalue weighted by Gasteiger charge is -2.14. The fourth-order valence-corrected chi connectivity index (χ4v) is 4.33. The number of rotatable bonds is 7. The lowest BCUT2D eigenvalue weighted by molar-refractivity contribution is -0.168. The molecule has 0 N–H and O–H groups in total. The van der Waals surface area contributed by atoms with Gasteiger partial charge in [0.05, 0.1) is 5.75 Å². The fraction of sp³-hybridized carbons (Fsp3) is 0.350. The third kappa shape index (κ3) is 6.34. The first-order valence-corrected chi connectivity index (χ1v) is 10.8. The first kappa shape index (κ1) is 22.4. The van der Waals surface area contributed by atoms with Gasteiger partial charge in [-0.2, -0.15) is 13.2 Å². The number of hydrogen-bond donors (Lipinski definition) is 0. The minimum Gasteiger partial charge on any atom is -0.288 e. The van der Waals surface area contributed by atoms with Gasteiger partial charge >= 0.3 is 6.18 Å². The monoisotopic (exact) mass is 432 g/mol. The van der Waals surface area contributed by atoms with Gasteiger partial charge < -0.3 is 0 Å². The van der Waals surface area contributed by atoms with Gasteiger partial charge in [-0.05, 0) is 46.7 Å². The lowest BCUT2D eigenvalue weighted by atomic mass is 9.94. The van der Waals surface area contributed by atoms with Gasteiger partial charge in [0.2, 0.25) is 0 Å². The molecule has 0 aliphatic heterocycles. The van der Waals surface area contributed by atoms with Crippen molar-refractivity contribution < 1.29 is 26.4 Å². The first-order chi connectivity index (χ1) is 12.9. The zero-order valence-corrected chi connectivity index (χ0v) is 17.0. The van der Waals surface area contributed by atoms with E-state index in [0.717, 1.165) is 12.0 Å². The normalized spacial score (nSPS) is 12.4. The second-order valence-corrected chi connectivity index (χ2v) is 9.55. The van der Waals surface area contributed by atoms with Crippen molar-refractivity contribution in [3.05, 3.63) is 58.6 Å². The zero-order chi connectivity index (χ0) is 21.1. The molecular weight excluding hydrogens is 413 g/mol. The molecule has 0 aliphatic carbocycles. The SMILES string of the molecule is CC(C)Cc1ccc(CS(=O)(=O)CC(=O)C(F)(F)F)c(-c2ccc(Cl)cc2)c1. The zero-order valence-electron chi connectivity index (χ0n) is 15.4. The Kier molecular flexibility index (Phi) is 6.93. The van der Waals surface area contributed by atoms with E-state index >= 15 is 0 Å². The Labute approximate surface area is 167 Å². The number of carbonyl (C=O) groups excluding carboxylic acids is 1. The smallest absolute Gasteiger partial charge is 0.288 e. The Bertz CT molecular complexity index is 950. The molecule has 0 saturated carbocycles. The van der Waals surface area contributed by atoms with Crippen molar-refractivity contribution in [1.29, 1.82) is 0 Å². The summed E-state index contributed by atoms with van der Waals surface area (Å²) in [5.74, 6) is -4.12. The van der Waals surface area contributed by atoms with E-state index in [4.69, 9.17) is 11.6 Å². The molecule has 0 aromatic heterocycles. The Balaban J connectivity index is 2.42. The molecule has 8 heteroatoms. The molecule has 0 unspecified atom stereocenters. The van der Waals surface area contributed by atoms with Crippen molar-refractivity contribution in [3.8, 4) is 11.1 Å². The molecule has 0 atom stereocenters. The van der Waals surface area contributed by atoms with E-state index in [1.165, 1.54) is 0 Å². The van der Waals surface area contributed by atoms with Crippen molar-refractivity contribution in [1.82, 2.24) is 0 Å². The Morgan fingerprint density at radius 3 is 2.21 bits per heavy atom. The van der Waals surface area contributed by atoms with Crippen molar-refractivity contribution in [3.63, 3.8) is 0 Å². The molecule has 0 amide bonds. The van der Waals surface area contributed by atoms with Crippen molar-refractivity contribution in [2.75, 3.05) is 5.75 Å². The van der Waals surface area contributed by atoms with E-state index in [0.29, 0.717) is 27.6 Å². The average Bonchev–Trinajstić information content (AvgIpc) is 2.55. The maximum absolute atomic E-state index is 12.4. The third-order valence-corrected chi connectivity index (χ3v) is 5.72. The van der Waals surface area contributed by atoms with Crippen LogP contribution in [-0.4, -0.2) is 26.1 Å². The number of halogens is 4. The van der Waals surface area contributed by atoms with Crippen LogP contribution in [0.3, 0.4) is 0 Å². The Morgan fingerprint density at radius 1 is 1.07 bits per heavy atom. The van der Waals surface area contributed by atoms with E-state index in [1.54, 1.807) is 36.4 Å². The van der Waals surface area contributed by atoms with Crippen LogP contribution in [0.1, 0.15) is 25.0 Å². The molecule has 0 fully saturated rings. The summed E-state index contributed by atoms with van der Waals surface area (Å²) in [6.45, 7) is 4.09. The minimum atomic E-state index is -5.17. The van der Waals surface area contributed by atoms with E-state index in [-0.39, 0.29) is 0 Å². The summed E-state index contributed by atoms with van der Waals surface area (Å²) in [5, 5.41) is 0.507. The van der Waals surface area contributed by atoms with Crippen molar-refractivity contribution >= 4 is 27.2 Å². The van der Waals surface area contributed by atoms with Gasteiger partial charge in [-0.25, -0.2) is 8.42 Å². The van der Waals surface area contributed by atoms with Gasteiger partial charge in [0.1, 0.15) is 5.75 Å². The van der Waals surface area contributed by atoms with Gasteiger partial charge in [0, 0.05) is 5.02 Å². The van der Waals surface area contributed by atoms with Crippen LogP contribution in [0, 0.1) is 5.92 Å². The van der Waals surface area contributed by atoms with Crippen LogP contribution in [0.5, 0.6) is 0 Å². The predicted octanol–water partition coefficient (Wildman–Crippen LogP) is 5.25. The van der Waals surface area contributed by atoms with Gasteiger partial charge in [0.15, 0.2) is 9.84 Å². The molecule has 2 aromatic rings. The minimum absolute atomic E-state index is 0.338. The first-order valence-electron chi connectivity index (χ1n) is 8.55. The van der Waals surface area contributed by atoms with E-state index < -0.39 is 33.3 Å². The number of sulfone groups is 1. The number of Topliss-reactive ketones (excluding diaryl/α,β-unsaturated/α-hetero) is 1. The standard InChI is InChI=1S/C20H20ClF3O3S/c1-13(2)9-14-3-4-16(11-28(26,27)12-19(25)20(22,23)24)18(10-14)15-5-7-17(21)8-6-15/h3-8,10,13H,9,11-12H2,1-2H3. The topological polar surface area (TPSA) is 51.2 Å². The van der Waals surface area contributed by atoms with Crippen molar-refractivity contribution in [2.45, 2.75) is 32.2 Å². The number of hydrogen-bond acceptors (Lipinski definition) is 3. The van der Waals surface area contributed by atoms with Crippen LogP contribution in [0.4, 0.5) is 13.2 Å². The fourth-order valence-electron chi connectivity index (χ4n) is 2.82. The highest BCUT2D eigenvalue weighted by molar-refractivity contribution is 7.91. The van der Waals surface area contributed by atoms with E-state index in [1.807, 2.05) is 19.9 Å². The second kappa shape index (κ2) is 8.66. The maximum atomic E-state index is 12.4. The van der Waals surface area contributed by atoms with Crippen LogP contribution >= 0.6 is 11.6 Å². The van der Waals surface area contributed by atoms with Crippen LogP contribution in [-0.2, 0) is 26.8 Å². The van der Waals surface area contributed by atoms with Gasteiger partial charge in [-0.1, -0.05) is 55.8 Å². The average molecular weight is 433 g/mol. The molecule has 0 saturated heterocycles. The molecule has 2 aromatic carbocycles. The molecule has 0 heterocycles. The van der Waals surface area contributed by atoms with E-state index in [9.17, 15) is 26.4 Å². The van der Waals surface area contributed by atoms with Crippen molar-refractivity contribution in [2.24, 2.45) is 5.92 Å². The molecule has 28 heavy (non-hydrogen) atoms. The highest BCUT2D eigenvalue weighted by Gasteiger charge is 2.40. The van der Waals surface area contributed by atoms with Crippen LogP contribution in [0.15, 0.2) is 42.5 Å². The maximum Gasteiger partial charge on any atom is 0.451 e. The predicted molar refractivity (Wildman–Crippen MR) is 104 cm³/mol. The van der Waals surface area contributed by atoms with E-state index in [2.05, 4.69) is 0 Å². The highest BCUT2D eigenvalue weighted by atomic mass is 35.5. The molecule has 0 bridgehead atoms. The molecule has 0 radical (unpaired) electrons. The van der Waals surface area contributed by atoms with Gasteiger partial charge in [0.25, 0.3) is 5.78 Å². The van der Waals surface area contributed by atoms with Gasteiger partial charge in [-0.15, -0.1) is 0 Å². The largest absolute Gasteiger partial charge is 0.451 e. The molecule has 0 aliphatic rings. The number of ketones is 1. The highest BCUT2D eigenvalue weighted by Crippen LogP contribution is 2.29.